The molecule has 208 valence electrons. The molecule has 36 heavy (non-hydrogen) atoms. The van der Waals surface area contributed by atoms with Crippen molar-refractivity contribution < 1.29 is 32.1 Å². The fraction of sp³-hybridized carbons (Fsp3) is 1.00. The molecule has 1 spiro atoms. The Kier molecular flexibility index (Phi) is 6.74. The summed E-state index contributed by atoms with van der Waals surface area (Å²) in [5.74, 6) is 3.46. The lowest BCUT2D eigenvalue weighted by Crippen LogP contribution is -2.64. The minimum atomic E-state index is -4.63. The van der Waals surface area contributed by atoms with Gasteiger partial charge in [0.15, 0.2) is 0 Å². The van der Waals surface area contributed by atoms with Crippen LogP contribution in [0.5, 0.6) is 0 Å². The summed E-state index contributed by atoms with van der Waals surface area (Å²) < 4.78 is 43.2. The van der Waals surface area contributed by atoms with Gasteiger partial charge in [-0.05, 0) is 98.2 Å². The Balaban J connectivity index is 1.34. The highest BCUT2D eigenvalue weighted by Gasteiger charge is 2.79. The van der Waals surface area contributed by atoms with Crippen LogP contribution < -0.4 is 0 Å². The molecule has 0 aromatic heterocycles. The van der Waals surface area contributed by atoms with Crippen LogP contribution in [0.3, 0.4) is 0 Å². The lowest BCUT2D eigenvalue weighted by molar-refractivity contribution is -0.162. The van der Waals surface area contributed by atoms with E-state index in [1.54, 1.807) is 0 Å². The lowest BCUT2D eigenvalue weighted by Gasteiger charge is -2.60. The molecule has 3 N–H and O–H groups in total. The molecule has 0 aromatic carbocycles. The first kappa shape index (κ1) is 27.3. The van der Waals surface area contributed by atoms with Gasteiger partial charge in [-0.15, -0.1) is 0 Å². The monoisotopic (exact) mass is 528 g/mol. The van der Waals surface area contributed by atoms with Crippen LogP contribution in [0.4, 0.5) is 0 Å². The molecule has 0 unspecified atom stereocenters. The predicted molar refractivity (Wildman–Crippen MR) is 136 cm³/mol. The number of aliphatic hydroxyl groups is 2. The molecule has 1 aliphatic heterocycles. The molecule has 1 heterocycles. The number of fused-ring (bicyclic) bond motifs is 4. The Labute approximate surface area is 217 Å². The first-order chi connectivity index (χ1) is 16.7. The van der Waals surface area contributed by atoms with Gasteiger partial charge in [-0.2, -0.15) is 8.42 Å². The van der Waals surface area contributed by atoms with Gasteiger partial charge in [0, 0.05) is 5.41 Å². The zero-order valence-electron chi connectivity index (χ0n) is 22.9. The van der Waals surface area contributed by atoms with Gasteiger partial charge < -0.3 is 14.9 Å². The second-order valence-electron chi connectivity index (χ2n) is 14.1. The van der Waals surface area contributed by atoms with E-state index in [1.165, 1.54) is 12.8 Å². The number of ether oxygens (including phenoxy) is 1. The van der Waals surface area contributed by atoms with Crippen molar-refractivity contribution in [2.45, 2.75) is 123 Å². The molecule has 1 saturated heterocycles. The highest BCUT2D eigenvalue weighted by molar-refractivity contribution is 7.80. The second kappa shape index (κ2) is 8.88. The van der Waals surface area contributed by atoms with Crippen LogP contribution in [0, 0.1) is 52.3 Å². The van der Waals surface area contributed by atoms with Gasteiger partial charge in [0.2, 0.25) is 0 Å². The third-order valence-electron chi connectivity index (χ3n) is 12.4. The van der Waals surface area contributed by atoms with Crippen molar-refractivity contribution in [1.29, 1.82) is 0 Å². The second-order valence-corrected chi connectivity index (χ2v) is 15.1. The fourth-order valence-corrected chi connectivity index (χ4v) is 10.7. The summed E-state index contributed by atoms with van der Waals surface area (Å²) in [6, 6.07) is 0. The summed E-state index contributed by atoms with van der Waals surface area (Å²) >= 11 is 0. The van der Waals surface area contributed by atoms with E-state index in [0.717, 1.165) is 32.1 Å². The Morgan fingerprint density at radius 2 is 1.72 bits per heavy atom. The summed E-state index contributed by atoms with van der Waals surface area (Å²) in [6.07, 6.45) is 5.23. The van der Waals surface area contributed by atoms with Crippen LogP contribution in [-0.4, -0.2) is 53.2 Å². The maximum absolute atomic E-state index is 11.4. The number of epoxide rings is 1. The molecule has 0 aromatic rings. The fourth-order valence-electron chi connectivity index (χ4n) is 10.2. The first-order valence-corrected chi connectivity index (χ1v) is 15.7. The van der Waals surface area contributed by atoms with Gasteiger partial charge in [0.05, 0.1) is 12.2 Å². The van der Waals surface area contributed by atoms with E-state index in [2.05, 4.69) is 41.5 Å². The highest BCUT2D eigenvalue weighted by atomic mass is 32.3. The molecule has 5 rings (SSSR count). The summed E-state index contributed by atoms with van der Waals surface area (Å²) in [5.41, 5.74) is -0.735. The summed E-state index contributed by atoms with van der Waals surface area (Å²) in [6.45, 7) is 13.7. The van der Waals surface area contributed by atoms with Gasteiger partial charge in [-0.25, -0.2) is 4.18 Å². The maximum atomic E-state index is 11.4. The molecule has 0 bridgehead atoms. The lowest BCUT2D eigenvalue weighted by atomic mass is 9.43. The van der Waals surface area contributed by atoms with E-state index >= 15 is 0 Å². The Morgan fingerprint density at radius 1 is 1.03 bits per heavy atom. The normalized spacial score (nSPS) is 50.4. The van der Waals surface area contributed by atoms with Crippen molar-refractivity contribution in [3.8, 4) is 0 Å². The van der Waals surface area contributed by atoms with Crippen molar-refractivity contribution in [2.24, 2.45) is 52.3 Å². The zero-order valence-corrected chi connectivity index (χ0v) is 23.7. The molecule has 8 heteroatoms. The number of hydrogen-bond acceptors (Lipinski definition) is 6. The Morgan fingerprint density at radius 3 is 2.36 bits per heavy atom. The predicted octanol–water partition coefficient (Wildman–Crippen LogP) is 4.61. The standard InChI is InChI=1S/C28H48O7S/c1-15(2)17(4)22(29)13-16(3)19-7-8-20-18-14-24-28(34-24)25(30)23(35-36(31,32)33)10-12-27(28,6)21(18)9-11-26(19,20)5/h15-25,29-30H,7-14H2,1-6H3,(H,31,32,33)/t16-,17+,18+,19-,20+,21+,22-,23+,24-,25+,26-,27-,28+/m1/s1. The van der Waals surface area contributed by atoms with E-state index in [0.29, 0.717) is 47.8 Å². The third-order valence-corrected chi connectivity index (χ3v) is 12.9. The van der Waals surface area contributed by atoms with Crippen molar-refractivity contribution >= 4 is 10.4 Å². The van der Waals surface area contributed by atoms with Crippen LogP contribution in [0.1, 0.15) is 92.9 Å². The summed E-state index contributed by atoms with van der Waals surface area (Å²) in [4.78, 5) is 0. The minimum Gasteiger partial charge on any atom is -0.393 e. The zero-order chi connectivity index (χ0) is 26.4. The van der Waals surface area contributed by atoms with Gasteiger partial charge in [0.1, 0.15) is 17.8 Å². The van der Waals surface area contributed by atoms with Crippen molar-refractivity contribution in [2.75, 3.05) is 0 Å². The summed E-state index contributed by atoms with van der Waals surface area (Å²) in [7, 11) is -4.63. The van der Waals surface area contributed by atoms with Gasteiger partial charge in [-0.1, -0.05) is 41.5 Å². The topological polar surface area (TPSA) is 117 Å². The van der Waals surface area contributed by atoms with Crippen molar-refractivity contribution in [3.63, 3.8) is 0 Å². The summed E-state index contributed by atoms with van der Waals surface area (Å²) in [5, 5.41) is 22.2. The van der Waals surface area contributed by atoms with Crippen LogP contribution >= 0.6 is 0 Å². The van der Waals surface area contributed by atoms with E-state index in [-0.39, 0.29) is 23.0 Å². The smallest absolute Gasteiger partial charge is 0.393 e. The van der Waals surface area contributed by atoms with E-state index in [1.807, 2.05) is 0 Å². The Hall–Kier alpha value is -0.250. The molecule has 5 fully saturated rings. The molecular weight excluding hydrogens is 480 g/mol. The van der Waals surface area contributed by atoms with E-state index in [9.17, 15) is 23.2 Å². The number of aliphatic hydroxyl groups excluding tert-OH is 2. The van der Waals surface area contributed by atoms with Gasteiger partial charge in [-0.3, -0.25) is 4.55 Å². The number of rotatable bonds is 7. The molecule has 0 amide bonds. The van der Waals surface area contributed by atoms with Crippen LogP contribution in [0.15, 0.2) is 0 Å². The van der Waals surface area contributed by atoms with Crippen LogP contribution in [-0.2, 0) is 19.3 Å². The molecule has 4 aliphatic carbocycles. The molecular formula is C28H48O7S. The molecule has 4 saturated carbocycles. The molecule has 13 atom stereocenters. The van der Waals surface area contributed by atoms with Crippen molar-refractivity contribution in [3.05, 3.63) is 0 Å². The van der Waals surface area contributed by atoms with E-state index in [4.69, 9.17) is 8.92 Å². The van der Waals surface area contributed by atoms with Gasteiger partial charge >= 0.3 is 10.4 Å². The van der Waals surface area contributed by atoms with Crippen molar-refractivity contribution in [1.82, 2.24) is 0 Å². The highest BCUT2D eigenvalue weighted by Crippen LogP contribution is 2.74. The maximum Gasteiger partial charge on any atom is 0.397 e. The minimum absolute atomic E-state index is 0.0842. The third kappa shape index (κ3) is 3.95. The van der Waals surface area contributed by atoms with Crippen LogP contribution in [0.2, 0.25) is 0 Å². The van der Waals surface area contributed by atoms with Gasteiger partial charge in [0.25, 0.3) is 0 Å². The van der Waals surface area contributed by atoms with E-state index < -0.39 is 28.2 Å². The average molecular weight is 529 g/mol. The largest absolute Gasteiger partial charge is 0.397 e. The number of hydrogen-bond donors (Lipinski definition) is 3. The van der Waals surface area contributed by atoms with Crippen LogP contribution in [0.25, 0.3) is 0 Å². The molecule has 0 radical (unpaired) electrons. The molecule has 7 nitrogen and oxygen atoms in total. The quantitative estimate of drug-likeness (QED) is 0.326. The molecule has 5 aliphatic rings. The SMILES string of the molecule is CC(C)[C@H](C)[C@H](O)C[C@@H](C)[C@H]1CC[C@H]2[C@@H]3C[C@H]4O[C@]45[C@@H](O)[C@@H](OS(=O)(=O)O)CC[C@]5(C)[C@H]3CC[C@]12C. The first-order valence-electron chi connectivity index (χ1n) is 14.4. The average Bonchev–Trinajstić information content (AvgIpc) is 3.40. The Bertz CT molecular complexity index is 954.